The Labute approximate surface area is 70.2 Å². The summed E-state index contributed by atoms with van der Waals surface area (Å²) in [4.78, 5) is 0. The largest absolute Gasteiger partial charge is 0.307 e. The van der Waals surface area contributed by atoms with Gasteiger partial charge in [-0.2, -0.15) is 0 Å². The van der Waals surface area contributed by atoms with Crippen LogP contribution in [0.15, 0.2) is 0 Å². The average Bonchev–Trinajstić information content (AvgIpc) is 1.85. The molecular weight excluding hydrogens is 157 g/mol. The molecule has 0 unspecified atom stereocenters. The molecule has 11 heavy (non-hydrogen) atoms. The molecule has 1 N–H and O–H groups in total. The van der Waals surface area contributed by atoms with Gasteiger partial charge in [0, 0.05) is 19.9 Å². The first kappa shape index (κ1) is 11.2. The molecule has 68 valence electrons. The van der Waals surface area contributed by atoms with E-state index in [9.17, 15) is 4.57 Å². The summed E-state index contributed by atoms with van der Waals surface area (Å²) >= 11 is 0. The molecule has 0 atom stereocenters. The number of hydrogen-bond donors (Lipinski definition) is 1. The van der Waals surface area contributed by atoms with Crippen molar-refractivity contribution in [2.45, 2.75) is 32.6 Å². The Hall–Kier alpha value is 0.190. The first-order chi connectivity index (χ1) is 5.06. The van der Waals surface area contributed by atoms with Gasteiger partial charge in [0.05, 0.1) is 0 Å². The lowest BCUT2D eigenvalue weighted by atomic mass is 10.2. The van der Waals surface area contributed by atoms with E-state index in [-0.39, 0.29) is 0 Å². The van der Waals surface area contributed by atoms with Gasteiger partial charge in [-0.25, -0.2) is 0 Å². The van der Waals surface area contributed by atoms with Crippen molar-refractivity contribution in [1.82, 2.24) is 5.09 Å². The molecule has 0 spiro atoms. The maximum atomic E-state index is 11.1. The summed E-state index contributed by atoms with van der Waals surface area (Å²) in [6, 6.07) is 0. The molecule has 0 saturated heterocycles. The monoisotopic (exact) mass is 177 g/mol. The van der Waals surface area contributed by atoms with E-state index >= 15 is 0 Å². The highest BCUT2D eigenvalue weighted by atomic mass is 31.2. The first-order valence-corrected chi connectivity index (χ1v) is 6.96. The predicted octanol–water partition coefficient (Wildman–Crippen LogP) is 2.69. The van der Waals surface area contributed by atoms with Gasteiger partial charge in [-0.15, -0.1) is 0 Å². The fourth-order valence-electron chi connectivity index (χ4n) is 0.900. The summed E-state index contributed by atoms with van der Waals surface area (Å²) in [5.41, 5.74) is 0. The third-order valence-corrected chi connectivity index (χ3v) is 2.51. The van der Waals surface area contributed by atoms with Crippen LogP contribution in [0.2, 0.25) is 0 Å². The van der Waals surface area contributed by atoms with Crippen molar-refractivity contribution in [2.24, 2.45) is 0 Å². The second-order valence-electron chi connectivity index (χ2n) is 3.32. The van der Waals surface area contributed by atoms with E-state index < -0.39 is 7.29 Å². The summed E-state index contributed by atoms with van der Waals surface area (Å²) in [5, 5.41) is 3.04. The lowest BCUT2D eigenvalue weighted by Gasteiger charge is -2.07. The highest BCUT2D eigenvalue weighted by Gasteiger charge is 2.02. The molecule has 0 aliphatic carbocycles. The van der Waals surface area contributed by atoms with Crippen LogP contribution in [0.25, 0.3) is 0 Å². The van der Waals surface area contributed by atoms with Crippen molar-refractivity contribution in [2.75, 3.05) is 19.9 Å². The van der Waals surface area contributed by atoms with E-state index in [4.69, 9.17) is 0 Å². The van der Waals surface area contributed by atoms with E-state index in [1.54, 1.807) is 13.3 Å². The van der Waals surface area contributed by atoms with Gasteiger partial charge in [-0.05, 0) is 6.42 Å². The Morgan fingerprint density at radius 1 is 1.18 bits per heavy atom. The van der Waals surface area contributed by atoms with Gasteiger partial charge in [0.15, 0.2) is 0 Å². The van der Waals surface area contributed by atoms with Gasteiger partial charge in [-0.1, -0.05) is 26.2 Å². The van der Waals surface area contributed by atoms with Crippen LogP contribution in [0.3, 0.4) is 0 Å². The minimum atomic E-state index is -1.96. The van der Waals surface area contributed by atoms with Crippen LogP contribution in [0.4, 0.5) is 0 Å². The van der Waals surface area contributed by atoms with Crippen molar-refractivity contribution in [3.05, 3.63) is 0 Å². The summed E-state index contributed by atoms with van der Waals surface area (Å²) in [7, 11) is -1.96. The van der Waals surface area contributed by atoms with Crippen molar-refractivity contribution in [3.8, 4) is 0 Å². The lowest BCUT2D eigenvalue weighted by molar-refractivity contribution is 0.567. The highest BCUT2D eigenvalue weighted by molar-refractivity contribution is 7.60. The van der Waals surface area contributed by atoms with Crippen molar-refractivity contribution in [3.63, 3.8) is 0 Å². The molecule has 0 aromatic heterocycles. The Kier molecular flexibility index (Phi) is 5.89. The molecule has 0 aromatic rings. The Bertz CT molecular complexity index is 130. The number of nitrogens with one attached hydrogen (secondary N) is 1. The SMILES string of the molecule is CCCCCCNP(C)(C)=O. The maximum Gasteiger partial charge on any atom is 0.141 e. The molecule has 0 heterocycles. The van der Waals surface area contributed by atoms with E-state index in [1.807, 2.05) is 0 Å². The maximum absolute atomic E-state index is 11.1. The molecule has 2 nitrogen and oxygen atoms in total. The standard InChI is InChI=1S/C8H20NOP/c1-4-5-6-7-8-9-11(2,3)10/h4-8H2,1-3H3,(H,9,10). The van der Waals surface area contributed by atoms with Gasteiger partial charge >= 0.3 is 0 Å². The van der Waals surface area contributed by atoms with Gasteiger partial charge in [0.2, 0.25) is 0 Å². The molecule has 0 aromatic carbocycles. The van der Waals surface area contributed by atoms with Crippen LogP contribution >= 0.6 is 7.29 Å². The fourth-order valence-corrected chi connectivity index (χ4v) is 1.60. The quantitative estimate of drug-likeness (QED) is 0.499. The van der Waals surface area contributed by atoms with Crippen LogP contribution in [0.5, 0.6) is 0 Å². The number of unbranched alkanes of at least 4 members (excludes halogenated alkanes) is 3. The third kappa shape index (κ3) is 10.2. The molecular formula is C8H20NOP. The molecule has 0 bridgehead atoms. The van der Waals surface area contributed by atoms with E-state index in [2.05, 4.69) is 12.0 Å². The van der Waals surface area contributed by atoms with Crippen LogP contribution in [-0.4, -0.2) is 19.9 Å². The molecule has 0 saturated carbocycles. The molecule has 0 amide bonds. The second kappa shape index (κ2) is 5.79. The Morgan fingerprint density at radius 2 is 1.82 bits per heavy atom. The zero-order chi connectivity index (χ0) is 8.74. The van der Waals surface area contributed by atoms with Gasteiger partial charge in [0.1, 0.15) is 7.29 Å². The fraction of sp³-hybridized carbons (Fsp3) is 1.00. The average molecular weight is 177 g/mol. The van der Waals surface area contributed by atoms with Gasteiger partial charge in [0.25, 0.3) is 0 Å². The summed E-state index contributed by atoms with van der Waals surface area (Å²) in [6.45, 7) is 6.64. The molecule has 0 radical (unpaired) electrons. The van der Waals surface area contributed by atoms with E-state index in [1.165, 1.54) is 19.3 Å². The Balaban J connectivity index is 3.09. The van der Waals surface area contributed by atoms with Gasteiger partial charge < -0.3 is 4.57 Å². The molecule has 0 rings (SSSR count). The molecule has 0 fully saturated rings. The predicted molar refractivity (Wildman–Crippen MR) is 51.6 cm³/mol. The van der Waals surface area contributed by atoms with Crippen LogP contribution in [-0.2, 0) is 4.57 Å². The smallest absolute Gasteiger partial charge is 0.141 e. The minimum Gasteiger partial charge on any atom is -0.307 e. The van der Waals surface area contributed by atoms with Crippen LogP contribution < -0.4 is 5.09 Å². The van der Waals surface area contributed by atoms with E-state index in [0.717, 1.165) is 13.0 Å². The van der Waals surface area contributed by atoms with Crippen LogP contribution in [0, 0.1) is 0 Å². The zero-order valence-corrected chi connectivity index (χ0v) is 8.79. The number of rotatable bonds is 6. The highest BCUT2D eigenvalue weighted by Crippen LogP contribution is 2.29. The van der Waals surface area contributed by atoms with Crippen molar-refractivity contribution >= 4 is 7.29 Å². The zero-order valence-electron chi connectivity index (χ0n) is 7.89. The summed E-state index contributed by atoms with van der Waals surface area (Å²) in [6.07, 6.45) is 4.96. The topological polar surface area (TPSA) is 29.1 Å². The minimum absolute atomic E-state index is 0.907. The van der Waals surface area contributed by atoms with Gasteiger partial charge in [-0.3, -0.25) is 5.09 Å². The Morgan fingerprint density at radius 3 is 2.27 bits per heavy atom. The molecule has 3 heteroatoms. The molecule has 0 aliphatic heterocycles. The number of hydrogen-bond acceptors (Lipinski definition) is 1. The first-order valence-electron chi connectivity index (χ1n) is 4.36. The second-order valence-corrected chi connectivity index (χ2v) is 6.34. The summed E-state index contributed by atoms with van der Waals surface area (Å²) < 4.78 is 11.1. The normalized spacial score (nSPS) is 11.9. The third-order valence-electron chi connectivity index (χ3n) is 1.52. The van der Waals surface area contributed by atoms with E-state index in [0.29, 0.717) is 0 Å². The lowest BCUT2D eigenvalue weighted by Crippen LogP contribution is -2.10. The van der Waals surface area contributed by atoms with Crippen LogP contribution in [0.1, 0.15) is 32.6 Å². The van der Waals surface area contributed by atoms with Crippen molar-refractivity contribution < 1.29 is 4.57 Å². The van der Waals surface area contributed by atoms with Crippen molar-refractivity contribution in [1.29, 1.82) is 0 Å². The summed E-state index contributed by atoms with van der Waals surface area (Å²) in [5.74, 6) is 0. The molecule has 0 aliphatic rings.